The van der Waals surface area contributed by atoms with Crippen LogP contribution in [0.5, 0.6) is 0 Å². The summed E-state index contributed by atoms with van der Waals surface area (Å²) in [4.78, 5) is 30.3. The molecule has 0 aliphatic carbocycles. The van der Waals surface area contributed by atoms with Gasteiger partial charge in [0.15, 0.2) is 5.54 Å². The van der Waals surface area contributed by atoms with E-state index < -0.39 is 5.54 Å². The first kappa shape index (κ1) is 13.2. The lowest BCUT2D eigenvalue weighted by molar-refractivity contribution is -0.154. The number of nitrogens with zero attached hydrogens (tertiary/aromatic N) is 1. The maximum atomic E-state index is 13.0. The van der Waals surface area contributed by atoms with Gasteiger partial charge in [0.2, 0.25) is 5.91 Å². The van der Waals surface area contributed by atoms with E-state index in [4.69, 9.17) is 0 Å². The molecule has 0 spiro atoms. The zero-order chi connectivity index (χ0) is 14.3. The summed E-state index contributed by atoms with van der Waals surface area (Å²) in [7, 11) is 0. The molecule has 2 saturated heterocycles. The maximum Gasteiger partial charge on any atom is 0.255 e. The Bertz CT molecular complexity index is 523. The van der Waals surface area contributed by atoms with Crippen LogP contribution in [0.3, 0.4) is 0 Å². The van der Waals surface area contributed by atoms with Crippen LogP contribution in [0.1, 0.15) is 38.8 Å². The Hall–Kier alpha value is -1.78. The molecule has 2 amide bonds. The summed E-state index contributed by atoms with van der Waals surface area (Å²) < 4.78 is 0. The van der Waals surface area contributed by atoms with Gasteiger partial charge in [0.25, 0.3) is 5.91 Å². The van der Waals surface area contributed by atoms with Crippen molar-refractivity contribution < 1.29 is 9.59 Å². The number of aromatic nitrogens is 1. The predicted molar refractivity (Wildman–Crippen MR) is 74.8 cm³/mol. The minimum Gasteiger partial charge on any atom is -0.363 e. The summed E-state index contributed by atoms with van der Waals surface area (Å²) in [6, 6.07) is 3.49. The highest BCUT2D eigenvalue weighted by atomic mass is 16.2. The first-order valence-electron chi connectivity index (χ1n) is 7.31. The monoisotopic (exact) mass is 275 g/mol. The minimum atomic E-state index is -0.921. The van der Waals surface area contributed by atoms with Crippen LogP contribution in [0.2, 0.25) is 0 Å². The predicted octanol–water partition coefficient (Wildman–Crippen LogP) is 1.38. The quantitative estimate of drug-likeness (QED) is 0.875. The van der Waals surface area contributed by atoms with Crippen molar-refractivity contribution in [2.75, 3.05) is 6.54 Å². The molecule has 0 saturated carbocycles. The highest BCUT2D eigenvalue weighted by molar-refractivity contribution is 6.00. The second-order valence-electron chi connectivity index (χ2n) is 6.23. The van der Waals surface area contributed by atoms with Gasteiger partial charge in [-0.3, -0.25) is 9.59 Å². The molecule has 108 valence electrons. The Kier molecular flexibility index (Phi) is 3.07. The molecule has 1 aromatic heterocycles. The molecular formula is C15H21N3O2. The first-order valence-corrected chi connectivity index (χ1v) is 7.31. The normalized spacial score (nSPS) is 29.8. The number of aromatic amines is 1. The molecule has 2 aliphatic rings. The van der Waals surface area contributed by atoms with E-state index in [9.17, 15) is 9.59 Å². The van der Waals surface area contributed by atoms with Gasteiger partial charge in [0.05, 0.1) is 5.69 Å². The van der Waals surface area contributed by atoms with Crippen LogP contribution in [0.15, 0.2) is 18.3 Å². The molecule has 0 aromatic carbocycles. The average Bonchev–Trinajstić information content (AvgIpc) is 3.05. The van der Waals surface area contributed by atoms with E-state index in [-0.39, 0.29) is 17.9 Å². The van der Waals surface area contributed by atoms with Gasteiger partial charge in [-0.05, 0) is 37.3 Å². The molecule has 0 bridgehead atoms. The smallest absolute Gasteiger partial charge is 0.255 e. The molecule has 2 atom stereocenters. The number of nitrogens with one attached hydrogen (secondary N) is 2. The van der Waals surface area contributed by atoms with Crippen LogP contribution in [0.25, 0.3) is 0 Å². The summed E-state index contributed by atoms with van der Waals surface area (Å²) in [6.07, 6.45) is 4.10. The van der Waals surface area contributed by atoms with Gasteiger partial charge >= 0.3 is 0 Å². The van der Waals surface area contributed by atoms with Gasteiger partial charge in [-0.2, -0.15) is 0 Å². The Balaban J connectivity index is 2.05. The summed E-state index contributed by atoms with van der Waals surface area (Å²) >= 11 is 0. The fourth-order valence-corrected chi connectivity index (χ4v) is 3.51. The van der Waals surface area contributed by atoms with Gasteiger partial charge in [-0.1, -0.05) is 13.8 Å². The van der Waals surface area contributed by atoms with Crippen LogP contribution in [0, 0.1) is 5.92 Å². The Morgan fingerprint density at radius 1 is 1.45 bits per heavy atom. The molecule has 5 heteroatoms. The highest BCUT2D eigenvalue weighted by Crippen LogP contribution is 2.36. The van der Waals surface area contributed by atoms with E-state index in [1.54, 1.807) is 11.1 Å². The number of hydrogen-bond donors (Lipinski definition) is 2. The van der Waals surface area contributed by atoms with E-state index in [0.29, 0.717) is 18.9 Å². The summed E-state index contributed by atoms with van der Waals surface area (Å²) in [5.74, 6) is 0.329. The van der Waals surface area contributed by atoms with Crippen molar-refractivity contribution in [3.05, 3.63) is 24.0 Å². The number of piperazine rings is 1. The largest absolute Gasteiger partial charge is 0.363 e. The molecular weight excluding hydrogens is 254 g/mol. The van der Waals surface area contributed by atoms with E-state index in [2.05, 4.69) is 24.1 Å². The average molecular weight is 275 g/mol. The number of amides is 2. The van der Waals surface area contributed by atoms with Crippen LogP contribution in [-0.2, 0) is 15.1 Å². The van der Waals surface area contributed by atoms with Gasteiger partial charge in [0.1, 0.15) is 6.04 Å². The van der Waals surface area contributed by atoms with Crippen LogP contribution >= 0.6 is 0 Å². The zero-order valence-electron chi connectivity index (χ0n) is 12.0. The molecule has 2 unspecified atom stereocenters. The van der Waals surface area contributed by atoms with Crippen molar-refractivity contribution in [1.29, 1.82) is 0 Å². The molecule has 3 rings (SSSR count). The van der Waals surface area contributed by atoms with Gasteiger partial charge in [0, 0.05) is 12.7 Å². The van der Waals surface area contributed by atoms with Gasteiger partial charge in [-0.25, -0.2) is 0 Å². The molecule has 1 aromatic rings. The van der Waals surface area contributed by atoms with Crippen molar-refractivity contribution in [2.24, 2.45) is 5.92 Å². The second-order valence-corrected chi connectivity index (χ2v) is 6.23. The van der Waals surface area contributed by atoms with E-state index in [1.807, 2.05) is 12.1 Å². The van der Waals surface area contributed by atoms with Crippen molar-refractivity contribution in [3.8, 4) is 0 Å². The number of rotatable bonds is 3. The Morgan fingerprint density at radius 2 is 2.25 bits per heavy atom. The number of fused-ring (bicyclic) bond motifs is 1. The van der Waals surface area contributed by atoms with E-state index in [0.717, 1.165) is 18.5 Å². The fraction of sp³-hybridized carbons (Fsp3) is 0.600. The Morgan fingerprint density at radius 3 is 2.90 bits per heavy atom. The first-order chi connectivity index (χ1) is 9.54. The second kappa shape index (κ2) is 4.65. The topological polar surface area (TPSA) is 65.2 Å². The minimum absolute atomic E-state index is 0.0163. The van der Waals surface area contributed by atoms with Crippen LogP contribution in [0.4, 0.5) is 0 Å². The molecule has 2 fully saturated rings. The molecule has 20 heavy (non-hydrogen) atoms. The van der Waals surface area contributed by atoms with Gasteiger partial charge < -0.3 is 15.2 Å². The third-order valence-electron chi connectivity index (χ3n) is 4.29. The standard InChI is InChI=1S/C15H21N3O2/c1-10(2)9-15(12-6-3-7-16-12)14(20)18-8-4-5-11(18)13(19)17-15/h3,6-7,10-11,16H,4-5,8-9H2,1-2H3,(H,17,19). The summed E-state index contributed by atoms with van der Waals surface area (Å²) in [5, 5.41) is 3.02. The third kappa shape index (κ3) is 1.84. The molecule has 5 nitrogen and oxygen atoms in total. The van der Waals surface area contributed by atoms with Crippen molar-refractivity contribution in [1.82, 2.24) is 15.2 Å². The van der Waals surface area contributed by atoms with Crippen molar-refractivity contribution in [3.63, 3.8) is 0 Å². The number of H-pyrrole nitrogens is 1. The zero-order valence-corrected chi connectivity index (χ0v) is 12.0. The SMILES string of the molecule is CC(C)CC1(c2ccc[nH]2)NC(=O)C2CCCN2C1=O. The lowest BCUT2D eigenvalue weighted by atomic mass is 9.82. The molecule has 2 N–H and O–H groups in total. The van der Waals surface area contributed by atoms with Crippen LogP contribution in [-0.4, -0.2) is 34.3 Å². The van der Waals surface area contributed by atoms with Crippen molar-refractivity contribution in [2.45, 2.75) is 44.7 Å². The van der Waals surface area contributed by atoms with Crippen molar-refractivity contribution >= 4 is 11.8 Å². The molecule has 0 radical (unpaired) electrons. The van der Waals surface area contributed by atoms with Crippen LogP contribution < -0.4 is 5.32 Å². The van der Waals surface area contributed by atoms with E-state index >= 15 is 0 Å². The summed E-state index contributed by atoms with van der Waals surface area (Å²) in [6.45, 7) is 4.83. The Labute approximate surface area is 118 Å². The molecule has 3 heterocycles. The van der Waals surface area contributed by atoms with Gasteiger partial charge in [-0.15, -0.1) is 0 Å². The lowest BCUT2D eigenvalue weighted by Crippen LogP contribution is -2.67. The molecule has 2 aliphatic heterocycles. The highest BCUT2D eigenvalue weighted by Gasteiger charge is 2.53. The number of carbonyl (C=O) groups is 2. The fourth-order valence-electron chi connectivity index (χ4n) is 3.51. The number of carbonyl (C=O) groups excluding carboxylic acids is 2. The van der Waals surface area contributed by atoms with E-state index in [1.165, 1.54) is 0 Å². The summed E-state index contributed by atoms with van der Waals surface area (Å²) in [5.41, 5.74) is -0.134. The number of hydrogen-bond acceptors (Lipinski definition) is 2. The lowest BCUT2D eigenvalue weighted by Gasteiger charge is -2.44. The maximum absolute atomic E-state index is 13.0. The third-order valence-corrected chi connectivity index (χ3v) is 4.29.